The Morgan fingerprint density at radius 2 is 1.51 bits per heavy atom. The quantitative estimate of drug-likeness (QED) is 0.195. The Kier molecular flexibility index (Phi) is 7.23. The molecule has 2 aliphatic heterocycles. The Morgan fingerprint density at radius 1 is 0.860 bits per heavy atom. The van der Waals surface area contributed by atoms with Crippen LogP contribution in [0.3, 0.4) is 0 Å². The second kappa shape index (κ2) is 11.2. The van der Waals surface area contributed by atoms with Crippen molar-refractivity contribution < 1.29 is 22.4 Å². The van der Waals surface area contributed by atoms with Gasteiger partial charge in [-0.15, -0.1) is 0 Å². The number of hydrogen-bond acceptors (Lipinski definition) is 7. The first kappa shape index (κ1) is 27.7. The maximum Gasteiger partial charge on any atom is 0.387 e. The Bertz CT molecular complexity index is 1810. The first-order chi connectivity index (χ1) is 20.8. The van der Waals surface area contributed by atoms with E-state index in [-0.39, 0.29) is 5.75 Å². The van der Waals surface area contributed by atoms with E-state index in [1.807, 2.05) is 24.3 Å². The fourth-order valence-corrected chi connectivity index (χ4v) is 6.39. The van der Waals surface area contributed by atoms with Crippen molar-refractivity contribution in [2.24, 2.45) is 0 Å². The molecule has 1 saturated heterocycles. The van der Waals surface area contributed by atoms with Crippen molar-refractivity contribution >= 4 is 11.1 Å². The molecule has 0 bridgehead atoms. The Labute approximate surface area is 249 Å². The summed E-state index contributed by atoms with van der Waals surface area (Å²) in [7, 11) is 2.10. The van der Waals surface area contributed by atoms with Crippen LogP contribution in [0, 0.1) is 13.8 Å². The SMILES string of the molecule is Cc1c(-c2nc3c(o2)CCN(C)C3)cccc1-c1cccc(-c2nc3cc(CN4CCCC4)c(OC(F)F)cc3o2)c1C. The van der Waals surface area contributed by atoms with E-state index >= 15 is 0 Å². The maximum absolute atomic E-state index is 13.3. The highest BCUT2D eigenvalue weighted by Gasteiger charge is 2.24. The summed E-state index contributed by atoms with van der Waals surface area (Å²) in [6, 6.07) is 15.6. The topological polar surface area (TPSA) is 67.8 Å². The highest BCUT2D eigenvalue weighted by atomic mass is 19.3. The van der Waals surface area contributed by atoms with E-state index in [0.29, 0.717) is 35.0 Å². The first-order valence-electron chi connectivity index (χ1n) is 14.8. The van der Waals surface area contributed by atoms with Crippen LogP contribution in [0.5, 0.6) is 5.75 Å². The van der Waals surface area contributed by atoms with E-state index in [0.717, 1.165) is 90.3 Å². The van der Waals surface area contributed by atoms with E-state index in [9.17, 15) is 8.78 Å². The predicted octanol–water partition coefficient (Wildman–Crippen LogP) is 7.62. The minimum absolute atomic E-state index is 0.134. The van der Waals surface area contributed by atoms with Gasteiger partial charge in [0.05, 0.1) is 5.69 Å². The van der Waals surface area contributed by atoms with Gasteiger partial charge in [-0.05, 0) is 87.3 Å². The number of halogens is 2. The summed E-state index contributed by atoms with van der Waals surface area (Å²) in [5.74, 6) is 2.19. The molecule has 0 saturated carbocycles. The van der Waals surface area contributed by atoms with Gasteiger partial charge in [0.25, 0.3) is 0 Å². The lowest BCUT2D eigenvalue weighted by Gasteiger charge is -2.19. The summed E-state index contributed by atoms with van der Waals surface area (Å²) >= 11 is 0. The lowest BCUT2D eigenvalue weighted by molar-refractivity contribution is -0.0506. The summed E-state index contributed by atoms with van der Waals surface area (Å²) in [6.45, 7) is 5.40. The van der Waals surface area contributed by atoms with Gasteiger partial charge in [-0.1, -0.05) is 24.3 Å². The van der Waals surface area contributed by atoms with Crippen LogP contribution >= 0.6 is 0 Å². The summed E-state index contributed by atoms with van der Waals surface area (Å²) in [5.41, 5.74) is 8.74. The van der Waals surface area contributed by atoms with Crippen molar-refractivity contribution in [1.82, 2.24) is 19.8 Å². The van der Waals surface area contributed by atoms with E-state index in [4.69, 9.17) is 23.5 Å². The zero-order valence-corrected chi connectivity index (χ0v) is 24.6. The third-order valence-corrected chi connectivity index (χ3v) is 8.72. The van der Waals surface area contributed by atoms with Crippen molar-refractivity contribution in [3.8, 4) is 39.8 Å². The summed E-state index contributed by atoms with van der Waals surface area (Å²) < 4.78 is 43.9. The molecule has 5 aromatic rings. The molecule has 0 spiro atoms. The van der Waals surface area contributed by atoms with Crippen LogP contribution in [0.1, 0.15) is 41.0 Å². The number of rotatable bonds is 7. The van der Waals surface area contributed by atoms with Crippen molar-refractivity contribution in [3.05, 3.63) is 76.7 Å². The van der Waals surface area contributed by atoms with Crippen LogP contribution in [0.25, 0.3) is 45.1 Å². The van der Waals surface area contributed by atoms with Gasteiger partial charge in [0.15, 0.2) is 5.58 Å². The van der Waals surface area contributed by atoms with E-state index < -0.39 is 6.61 Å². The van der Waals surface area contributed by atoms with E-state index in [1.54, 1.807) is 6.07 Å². The molecule has 2 aliphatic rings. The van der Waals surface area contributed by atoms with Crippen LogP contribution in [0.15, 0.2) is 57.4 Å². The molecular weight excluding hydrogens is 550 g/mol. The first-order valence-corrected chi connectivity index (χ1v) is 14.8. The predicted molar refractivity (Wildman–Crippen MR) is 161 cm³/mol. The van der Waals surface area contributed by atoms with Crippen molar-refractivity contribution in [2.75, 3.05) is 26.7 Å². The molecule has 9 heteroatoms. The van der Waals surface area contributed by atoms with Gasteiger partial charge in [0.1, 0.15) is 17.0 Å². The number of aromatic nitrogens is 2. The smallest absolute Gasteiger partial charge is 0.387 e. The zero-order valence-electron chi connectivity index (χ0n) is 24.6. The van der Waals surface area contributed by atoms with Gasteiger partial charge >= 0.3 is 6.61 Å². The fourth-order valence-electron chi connectivity index (χ4n) is 6.39. The number of fused-ring (bicyclic) bond motifs is 2. The number of hydrogen-bond donors (Lipinski definition) is 0. The van der Waals surface area contributed by atoms with E-state index in [1.165, 1.54) is 0 Å². The second-order valence-electron chi connectivity index (χ2n) is 11.6. The third kappa shape index (κ3) is 5.32. The molecule has 0 radical (unpaired) electrons. The molecule has 0 atom stereocenters. The normalized spacial score (nSPS) is 16.0. The summed E-state index contributed by atoms with van der Waals surface area (Å²) in [4.78, 5) is 14.2. The van der Waals surface area contributed by atoms with Crippen molar-refractivity contribution in [3.63, 3.8) is 0 Å². The summed E-state index contributed by atoms with van der Waals surface area (Å²) in [5, 5.41) is 0. The number of ether oxygens (including phenoxy) is 1. The standard InChI is InChI=1S/C34H34F2N4O3/c1-20-23(24-9-7-11-26(21(24)2)33-38-28-19-39(3)15-12-29(28)41-33)8-6-10-25(20)32-37-27-16-22(18-40-13-4-5-14-40)30(43-34(35)36)17-31(27)42-32/h6-11,16-17,34H,4-5,12-15,18-19H2,1-3H3. The average Bonchev–Trinajstić information content (AvgIpc) is 3.73. The van der Waals surface area contributed by atoms with Gasteiger partial charge in [0, 0.05) is 48.8 Å². The maximum atomic E-state index is 13.3. The lowest BCUT2D eigenvalue weighted by Crippen LogP contribution is -2.25. The molecule has 2 aromatic heterocycles. The molecule has 4 heterocycles. The van der Waals surface area contributed by atoms with E-state index in [2.05, 4.69) is 48.9 Å². The number of oxazole rings is 2. The highest BCUT2D eigenvalue weighted by Crippen LogP contribution is 2.39. The summed E-state index contributed by atoms with van der Waals surface area (Å²) in [6.07, 6.45) is 3.08. The van der Waals surface area contributed by atoms with Gasteiger partial charge in [0.2, 0.25) is 11.8 Å². The van der Waals surface area contributed by atoms with Crippen molar-refractivity contribution in [2.45, 2.75) is 52.8 Å². The number of nitrogens with zero attached hydrogens (tertiary/aromatic N) is 4. The molecule has 0 unspecified atom stereocenters. The molecule has 0 aliphatic carbocycles. The highest BCUT2D eigenvalue weighted by molar-refractivity contribution is 5.84. The molecule has 0 amide bonds. The van der Waals surface area contributed by atoms with Crippen LogP contribution in [0.2, 0.25) is 0 Å². The Morgan fingerprint density at radius 3 is 2.19 bits per heavy atom. The number of benzene rings is 3. The molecule has 0 N–H and O–H groups in total. The van der Waals surface area contributed by atoms with Crippen LogP contribution in [0.4, 0.5) is 8.78 Å². The number of alkyl halides is 2. The van der Waals surface area contributed by atoms with Gasteiger partial charge in [-0.2, -0.15) is 8.78 Å². The van der Waals surface area contributed by atoms with Crippen molar-refractivity contribution in [1.29, 1.82) is 0 Å². The van der Waals surface area contributed by atoms with Crippen LogP contribution in [-0.4, -0.2) is 53.1 Å². The molecular formula is C34H34F2N4O3. The average molecular weight is 585 g/mol. The monoisotopic (exact) mass is 584 g/mol. The number of likely N-dealkylation sites (tertiary alicyclic amines) is 1. The Balaban J connectivity index is 1.25. The van der Waals surface area contributed by atoms with Gasteiger partial charge in [-0.25, -0.2) is 9.97 Å². The molecule has 222 valence electrons. The van der Waals surface area contributed by atoms with Crippen LogP contribution in [-0.2, 0) is 19.5 Å². The zero-order chi connectivity index (χ0) is 29.7. The molecule has 3 aromatic carbocycles. The lowest BCUT2D eigenvalue weighted by atomic mass is 9.91. The third-order valence-electron chi connectivity index (χ3n) is 8.72. The van der Waals surface area contributed by atoms with Crippen LogP contribution < -0.4 is 4.74 Å². The molecule has 43 heavy (non-hydrogen) atoms. The minimum Gasteiger partial charge on any atom is -0.441 e. The van der Waals surface area contributed by atoms with Gasteiger partial charge < -0.3 is 13.6 Å². The van der Waals surface area contributed by atoms with Gasteiger partial charge in [-0.3, -0.25) is 9.80 Å². The second-order valence-corrected chi connectivity index (χ2v) is 11.6. The Hall–Kier alpha value is -4.08. The molecule has 7 nitrogen and oxygen atoms in total. The largest absolute Gasteiger partial charge is 0.441 e. The fraction of sp³-hybridized carbons (Fsp3) is 0.353. The minimum atomic E-state index is -2.92. The molecule has 7 rings (SSSR count). The molecule has 1 fully saturated rings. The number of likely N-dealkylation sites (N-methyl/N-ethyl adjacent to an activating group) is 1.